The Hall–Kier alpha value is -0.960. The summed E-state index contributed by atoms with van der Waals surface area (Å²) in [6.45, 7) is 7.16. The van der Waals surface area contributed by atoms with E-state index in [9.17, 15) is 9.59 Å². The maximum Gasteiger partial charge on any atom is 0.184 e. The highest BCUT2D eigenvalue weighted by molar-refractivity contribution is 5.95. The predicted octanol–water partition coefficient (Wildman–Crippen LogP) is 4.10. The van der Waals surface area contributed by atoms with E-state index in [2.05, 4.69) is 13.8 Å². The fourth-order valence-electron chi connectivity index (χ4n) is 6.71. The van der Waals surface area contributed by atoms with E-state index in [1.54, 1.807) is 0 Å². The van der Waals surface area contributed by atoms with Gasteiger partial charge in [0.15, 0.2) is 5.78 Å². The molecule has 0 radical (unpaired) electrons. The van der Waals surface area contributed by atoms with Gasteiger partial charge in [-0.2, -0.15) is 0 Å². The first-order valence-electron chi connectivity index (χ1n) is 9.80. The normalized spacial score (nSPS) is 47.7. The van der Waals surface area contributed by atoms with Crippen LogP contribution in [0.1, 0.15) is 65.7 Å². The molecule has 0 aromatic heterocycles. The van der Waals surface area contributed by atoms with Crippen molar-refractivity contribution < 1.29 is 14.3 Å². The fourth-order valence-corrected chi connectivity index (χ4v) is 6.71. The molecule has 0 unspecified atom stereocenters. The maximum atomic E-state index is 12.5. The highest BCUT2D eigenvalue weighted by Gasteiger charge is 2.59. The maximum absolute atomic E-state index is 12.5. The molecule has 3 fully saturated rings. The molecule has 132 valence electrons. The number of rotatable bonds is 2. The number of allylic oxidation sites excluding steroid dienone is 1. The Bertz CT molecular complexity index is 606. The van der Waals surface area contributed by atoms with Crippen LogP contribution < -0.4 is 0 Å². The molecule has 0 aromatic carbocycles. The van der Waals surface area contributed by atoms with E-state index in [1.807, 2.05) is 13.0 Å². The average molecular weight is 330 g/mol. The van der Waals surface area contributed by atoms with E-state index >= 15 is 0 Å². The summed E-state index contributed by atoms with van der Waals surface area (Å²) in [6, 6.07) is 0. The third-order valence-corrected chi connectivity index (χ3v) is 8.06. The summed E-state index contributed by atoms with van der Waals surface area (Å²) in [5, 5.41) is 0. The van der Waals surface area contributed by atoms with E-state index in [1.165, 1.54) is 5.57 Å². The minimum atomic E-state index is -0.263. The van der Waals surface area contributed by atoms with E-state index < -0.39 is 0 Å². The van der Waals surface area contributed by atoms with Crippen molar-refractivity contribution in [3.05, 3.63) is 11.6 Å². The molecule has 24 heavy (non-hydrogen) atoms. The third-order valence-electron chi connectivity index (χ3n) is 8.06. The lowest BCUT2D eigenvalue weighted by Gasteiger charge is -2.57. The number of hydrogen-bond donors (Lipinski definition) is 0. The highest BCUT2D eigenvalue weighted by atomic mass is 16.5. The van der Waals surface area contributed by atoms with Gasteiger partial charge >= 0.3 is 0 Å². The summed E-state index contributed by atoms with van der Waals surface area (Å²) in [4.78, 5) is 24.8. The minimum absolute atomic E-state index is 0.0669. The van der Waals surface area contributed by atoms with Gasteiger partial charge in [-0.25, -0.2) is 0 Å². The van der Waals surface area contributed by atoms with Gasteiger partial charge in [-0.15, -0.1) is 0 Å². The molecule has 0 spiro atoms. The first-order valence-corrected chi connectivity index (χ1v) is 9.80. The van der Waals surface area contributed by atoms with E-state index in [4.69, 9.17) is 4.74 Å². The van der Waals surface area contributed by atoms with Gasteiger partial charge in [-0.3, -0.25) is 9.59 Å². The Morgan fingerprint density at radius 2 is 1.83 bits per heavy atom. The summed E-state index contributed by atoms with van der Waals surface area (Å²) >= 11 is 0. The summed E-state index contributed by atoms with van der Waals surface area (Å²) in [5.74, 6) is 2.48. The van der Waals surface area contributed by atoms with Crippen LogP contribution in [-0.4, -0.2) is 24.3 Å². The molecule has 0 bridgehead atoms. The largest absolute Gasteiger partial charge is 0.370 e. The zero-order valence-corrected chi connectivity index (χ0v) is 15.3. The van der Waals surface area contributed by atoms with E-state index in [-0.39, 0.29) is 22.7 Å². The number of ether oxygens (including phenoxy) is 1. The Morgan fingerprint density at radius 1 is 1.08 bits per heavy atom. The summed E-state index contributed by atoms with van der Waals surface area (Å²) < 4.78 is 5.76. The summed E-state index contributed by atoms with van der Waals surface area (Å²) in [7, 11) is 0. The van der Waals surface area contributed by atoms with E-state index in [0.29, 0.717) is 30.1 Å². The average Bonchev–Trinajstić information content (AvgIpc) is 2.85. The zero-order chi connectivity index (χ0) is 17.1. The second kappa shape index (κ2) is 5.52. The molecule has 3 saturated carbocycles. The second-order valence-corrected chi connectivity index (χ2v) is 8.97. The number of carbonyl (C=O) groups is 2. The van der Waals surface area contributed by atoms with Crippen LogP contribution in [0.15, 0.2) is 11.6 Å². The van der Waals surface area contributed by atoms with Crippen molar-refractivity contribution in [2.45, 2.75) is 71.8 Å². The SMILES string of the molecule is CCO[C@@H]1C[C@@]2(C)C(=CC1=O)CC[C@@H]1[C@@H]2CC[C@]2(C)C(=O)CC[C@@H]12. The number of ketones is 2. The topological polar surface area (TPSA) is 43.4 Å². The van der Waals surface area contributed by atoms with Crippen LogP contribution >= 0.6 is 0 Å². The molecule has 4 aliphatic carbocycles. The van der Waals surface area contributed by atoms with Crippen LogP contribution in [-0.2, 0) is 14.3 Å². The first-order chi connectivity index (χ1) is 11.4. The lowest BCUT2D eigenvalue weighted by molar-refractivity contribution is -0.136. The second-order valence-electron chi connectivity index (χ2n) is 8.97. The lowest BCUT2D eigenvalue weighted by Crippen LogP contribution is -2.52. The van der Waals surface area contributed by atoms with Crippen molar-refractivity contribution >= 4 is 11.6 Å². The van der Waals surface area contributed by atoms with Crippen LogP contribution in [0.5, 0.6) is 0 Å². The van der Waals surface area contributed by atoms with Crippen LogP contribution in [0.3, 0.4) is 0 Å². The Balaban J connectivity index is 1.67. The number of carbonyl (C=O) groups excluding carboxylic acids is 2. The van der Waals surface area contributed by atoms with Crippen LogP contribution in [0, 0.1) is 28.6 Å². The summed E-state index contributed by atoms with van der Waals surface area (Å²) in [6.07, 6.45) is 8.70. The molecule has 0 heterocycles. The van der Waals surface area contributed by atoms with Crippen molar-refractivity contribution in [1.82, 2.24) is 0 Å². The Labute approximate surface area is 145 Å². The third kappa shape index (κ3) is 2.13. The molecule has 4 rings (SSSR count). The predicted molar refractivity (Wildman–Crippen MR) is 92.5 cm³/mol. The minimum Gasteiger partial charge on any atom is -0.370 e. The molecule has 3 nitrogen and oxygen atoms in total. The zero-order valence-electron chi connectivity index (χ0n) is 15.3. The lowest BCUT2D eigenvalue weighted by atomic mass is 9.47. The van der Waals surface area contributed by atoms with Crippen molar-refractivity contribution in [3.8, 4) is 0 Å². The molecule has 0 N–H and O–H groups in total. The van der Waals surface area contributed by atoms with Gasteiger partial charge in [0.2, 0.25) is 0 Å². The molecular weight excluding hydrogens is 300 g/mol. The Morgan fingerprint density at radius 3 is 2.58 bits per heavy atom. The van der Waals surface area contributed by atoms with Gasteiger partial charge in [0.25, 0.3) is 0 Å². The smallest absolute Gasteiger partial charge is 0.184 e. The molecular formula is C21H30O3. The molecule has 3 heteroatoms. The van der Waals surface area contributed by atoms with Gasteiger partial charge in [0, 0.05) is 18.4 Å². The van der Waals surface area contributed by atoms with Gasteiger partial charge < -0.3 is 4.74 Å². The quantitative estimate of drug-likeness (QED) is 0.765. The van der Waals surface area contributed by atoms with Crippen LogP contribution in [0.2, 0.25) is 0 Å². The molecule has 0 aliphatic heterocycles. The van der Waals surface area contributed by atoms with Crippen molar-refractivity contribution in [3.63, 3.8) is 0 Å². The molecule has 6 atom stereocenters. The van der Waals surface area contributed by atoms with Gasteiger partial charge in [0.1, 0.15) is 11.9 Å². The fraction of sp³-hybridized carbons (Fsp3) is 0.810. The van der Waals surface area contributed by atoms with Crippen LogP contribution in [0.4, 0.5) is 0 Å². The Kier molecular flexibility index (Phi) is 3.80. The molecule has 0 saturated heterocycles. The monoisotopic (exact) mass is 330 g/mol. The molecule has 4 aliphatic rings. The van der Waals surface area contributed by atoms with Crippen molar-refractivity contribution in [1.29, 1.82) is 0 Å². The van der Waals surface area contributed by atoms with Crippen molar-refractivity contribution in [2.75, 3.05) is 6.61 Å². The standard InChI is InChI=1S/C21H30O3/c1-4-24-18-12-21(3)13(11-17(18)22)5-6-14-15-7-8-19(23)20(15,2)10-9-16(14)21/h11,14-16,18H,4-10,12H2,1-3H3/t14-,15-,16-,18+,20-,21-/m0/s1. The first kappa shape index (κ1) is 16.5. The van der Waals surface area contributed by atoms with Gasteiger partial charge in [-0.05, 0) is 74.7 Å². The number of fused-ring (bicyclic) bond motifs is 5. The van der Waals surface area contributed by atoms with Crippen LogP contribution in [0.25, 0.3) is 0 Å². The van der Waals surface area contributed by atoms with Gasteiger partial charge in [-0.1, -0.05) is 19.4 Å². The highest BCUT2D eigenvalue weighted by Crippen LogP contribution is 2.64. The number of Topliss-reactive ketones (excluding diaryl/α,β-unsaturated/α-hetero) is 1. The number of hydrogen-bond acceptors (Lipinski definition) is 3. The molecule has 0 aromatic rings. The molecule has 0 amide bonds. The van der Waals surface area contributed by atoms with Crippen molar-refractivity contribution in [2.24, 2.45) is 28.6 Å². The van der Waals surface area contributed by atoms with E-state index in [0.717, 1.165) is 44.9 Å². The van der Waals surface area contributed by atoms with Gasteiger partial charge in [0.05, 0.1) is 0 Å². The summed E-state index contributed by atoms with van der Waals surface area (Å²) in [5.41, 5.74) is 1.38.